The molecule has 1 aromatic carbocycles. The van der Waals surface area contributed by atoms with E-state index in [1.165, 1.54) is 0 Å². The zero-order valence-electron chi connectivity index (χ0n) is 15.1. The van der Waals surface area contributed by atoms with Crippen LogP contribution in [0, 0.1) is 5.92 Å². The number of piperidine rings is 1. The van der Waals surface area contributed by atoms with Crippen molar-refractivity contribution in [2.24, 2.45) is 11.7 Å². The first kappa shape index (κ1) is 19.0. The molecule has 2 N–H and O–H groups in total. The highest BCUT2D eigenvalue weighted by molar-refractivity contribution is 5.92. The Balaban J connectivity index is 1.94. The summed E-state index contributed by atoms with van der Waals surface area (Å²) >= 11 is 0. The molecule has 1 aromatic rings. The number of para-hydroxylation sites is 1. The Morgan fingerprint density at radius 3 is 2.64 bits per heavy atom. The average Bonchev–Trinajstić information content (AvgIpc) is 2.60. The summed E-state index contributed by atoms with van der Waals surface area (Å²) in [6, 6.07) is 7.73. The highest BCUT2D eigenvalue weighted by Gasteiger charge is 2.22. The van der Waals surface area contributed by atoms with Gasteiger partial charge in [-0.25, -0.2) is 0 Å². The number of likely N-dealkylation sites (tertiary alicyclic amines) is 1. The molecule has 1 fully saturated rings. The number of benzene rings is 1. The van der Waals surface area contributed by atoms with Crippen LogP contribution in [0.1, 0.15) is 45.1 Å². The zero-order valence-corrected chi connectivity index (χ0v) is 15.1. The van der Waals surface area contributed by atoms with E-state index in [0.717, 1.165) is 30.6 Å². The van der Waals surface area contributed by atoms with Gasteiger partial charge in [0.15, 0.2) is 0 Å². The third-order valence-electron chi connectivity index (χ3n) is 4.64. The van der Waals surface area contributed by atoms with Crippen LogP contribution in [0.25, 0.3) is 6.08 Å². The van der Waals surface area contributed by atoms with Crippen LogP contribution in [0.5, 0.6) is 5.75 Å². The quantitative estimate of drug-likeness (QED) is 0.773. The zero-order chi connectivity index (χ0) is 18.2. The monoisotopic (exact) mass is 344 g/mol. The standard InChI is InChI=1S/C20H28N2O3/c1-3-15(2)25-18-7-5-4-6-17(18)8-9-20(24)22-12-10-16(11-13-22)14-19(21)23/h4-9,15-16H,3,10-14H2,1-2H3,(H2,21,23). The summed E-state index contributed by atoms with van der Waals surface area (Å²) in [5.74, 6) is 0.828. The average molecular weight is 344 g/mol. The van der Waals surface area contributed by atoms with Gasteiger partial charge in [-0.05, 0) is 44.2 Å². The maximum Gasteiger partial charge on any atom is 0.246 e. The van der Waals surface area contributed by atoms with E-state index in [9.17, 15) is 9.59 Å². The summed E-state index contributed by atoms with van der Waals surface area (Å²) in [4.78, 5) is 25.2. The number of primary amides is 1. The fourth-order valence-corrected chi connectivity index (χ4v) is 2.93. The molecule has 136 valence electrons. The maximum atomic E-state index is 12.4. The molecule has 2 rings (SSSR count). The van der Waals surface area contributed by atoms with Gasteiger partial charge >= 0.3 is 0 Å². The number of nitrogens with zero attached hydrogens (tertiary/aromatic N) is 1. The van der Waals surface area contributed by atoms with Crippen molar-refractivity contribution in [2.75, 3.05) is 13.1 Å². The molecule has 0 bridgehead atoms. The van der Waals surface area contributed by atoms with Crippen molar-refractivity contribution in [3.8, 4) is 5.75 Å². The maximum absolute atomic E-state index is 12.4. The van der Waals surface area contributed by atoms with Gasteiger partial charge in [0.05, 0.1) is 6.10 Å². The van der Waals surface area contributed by atoms with Gasteiger partial charge in [-0.1, -0.05) is 25.1 Å². The normalized spacial score (nSPS) is 16.8. The SMILES string of the molecule is CCC(C)Oc1ccccc1C=CC(=O)N1CCC(CC(N)=O)CC1. The molecule has 1 unspecified atom stereocenters. The number of carbonyl (C=O) groups excluding carboxylic acids is 2. The van der Waals surface area contributed by atoms with Crippen LogP contribution in [0.15, 0.2) is 30.3 Å². The van der Waals surface area contributed by atoms with Crippen LogP contribution >= 0.6 is 0 Å². The van der Waals surface area contributed by atoms with E-state index in [1.54, 1.807) is 6.08 Å². The highest BCUT2D eigenvalue weighted by Crippen LogP contribution is 2.23. The second-order valence-corrected chi connectivity index (χ2v) is 6.65. The predicted octanol–water partition coefficient (Wildman–Crippen LogP) is 2.99. The van der Waals surface area contributed by atoms with E-state index >= 15 is 0 Å². The van der Waals surface area contributed by atoms with Gasteiger partial charge in [-0.2, -0.15) is 0 Å². The molecule has 0 aromatic heterocycles. The van der Waals surface area contributed by atoms with Gasteiger partial charge in [-0.3, -0.25) is 9.59 Å². The summed E-state index contributed by atoms with van der Waals surface area (Å²) in [7, 11) is 0. The minimum atomic E-state index is -0.261. The molecule has 2 amide bonds. The Kier molecular flexibility index (Phi) is 7.04. The lowest BCUT2D eigenvalue weighted by molar-refractivity contribution is -0.127. The van der Waals surface area contributed by atoms with Crippen LogP contribution < -0.4 is 10.5 Å². The van der Waals surface area contributed by atoms with Crippen molar-refractivity contribution >= 4 is 17.9 Å². The van der Waals surface area contributed by atoms with Crippen LogP contribution in [0.2, 0.25) is 0 Å². The molecule has 1 atom stereocenters. The summed E-state index contributed by atoms with van der Waals surface area (Å²) < 4.78 is 5.90. The van der Waals surface area contributed by atoms with Crippen molar-refractivity contribution in [3.05, 3.63) is 35.9 Å². The van der Waals surface area contributed by atoms with E-state index in [-0.39, 0.29) is 17.9 Å². The molecule has 1 aliphatic heterocycles. The molecule has 0 radical (unpaired) electrons. The molecule has 1 saturated heterocycles. The minimum Gasteiger partial charge on any atom is -0.490 e. The number of hydrogen-bond donors (Lipinski definition) is 1. The molecular formula is C20H28N2O3. The van der Waals surface area contributed by atoms with Crippen LogP contribution in [0.4, 0.5) is 0 Å². The highest BCUT2D eigenvalue weighted by atomic mass is 16.5. The summed E-state index contributed by atoms with van der Waals surface area (Å²) in [5.41, 5.74) is 6.15. The Labute approximate surface area is 149 Å². The van der Waals surface area contributed by atoms with Gasteiger partial charge in [-0.15, -0.1) is 0 Å². The third-order valence-corrected chi connectivity index (χ3v) is 4.64. The van der Waals surface area contributed by atoms with E-state index in [1.807, 2.05) is 42.2 Å². The van der Waals surface area contributed by atoms with E-state index < -0.39 is 0 Å². The molecule has 1 aliphatic rings. The molecule has 0 saturated carbocycles. The van der Waals surface area contributed by atoms with Gasteiger partial charge in [0.1, 0.15) is 5.75 Å². The first-order valence-corrected chi connectivity index (χ1v) is 9.00. The van der Waals surface area contributed by atoms with Crippen molar-refractivity contribution in [1.82, 2.24) is 4.90 Å². The predicted molar refractivity (Wildman–Crippen MR) is 99.0 cm³/mol. The molecular weight excluding hydrogens is 316 g/mol. The van der Waals surface area contributed by atoms with Crippen LogP contribution in [-0.2, 0) is 9.59 Å². The van der Waals surface area contributed by atoms with Gasteiger partial charge in [0, 0.05) is 31.1 Å². The fraction of sp³-hybridized carbons (Fsp3) is 0.500. The molecule has 0 spiro atoms. The second-order valence-electron chi connectivity index (χ2n) is 6.65. The fourth-order valence-electron chi connectivity index (χ4n) is 2.93. The first-order valence-electron chi connectivity index (χ1n) is 9.00. The van der Waals surface area contributed by atoms with Crippen molar-refractivity contribution < 1.29 is 14.3 Å². The molecule has 0 aliphatic carbocycles. The lowest BCUT2D eigenvalue weighted by atomic mass is 9.93. The first-order chi connectivity index (χ1) is 12.0. The van der Waals surface area contributed by atoms with E-state index in [4.69, 9.17) is 10.5 Å². The number of carbonyl (C=O) groups is 2. The Morgan fingerprint density at radius 1 is 1.32 bits per heavy atom. The Morgan fingerprint density at radius 2 is 2.00 bits per heavy atom. The smallest absolute Gasteiger partial charge is 0.246 e. The van der Waals surface area contributed by atoms with Crippen molar-refractivity contribution in [2.45, 2.75) is 45.6 Å². The third kappa shape index (κ3) is 5.93. The largest absolute Gasteiger partial charge is 0.490 e. The second kappa shape index (κ2) is 9.25. The molecule has 5 nitrogen and oxygen atoms in total. The molecule has 5 heteroatoms. The summed E-state index contributed by atoms with van der Waals surface area (Å²) in [5, 5.41) is 0. The number of hydrogen-bond acceptors (Lipinski definition) is 3. The summed E-state index contributed by atoms with van der Waals surface area (Å²) in [6.45, 7) is 5.45. The van der Waals surface area contributed by atoms with E-state index in [0.29, 0.717) is 25.4 Å². The number of rotatable bonds is 7. The topological polar surface area (TPSA) is 72.6 Å². The molecule has 25 heavy (non-hydrogen) atoms. The van der Waals surface area contributed by atoms with Gasteiger partial charge in [0.2, 0.25) is 11.8 Å². The van der Waals surface area contributed by atoms with Crippen molar-refractivity contribution in [3.63, 3.8) is 0 Å². The Bertz CT molecular complexity index is 619. The lowest BCUT2D eigenvalue weighted by Gasteiger charge is -2.30. The van der Waals surface area contributed by atoms with Crippen LogP contribution in [-0.4, -0.2) is 35.9 Å². The number of nitrogens with two attached hydrogens (primary N) is 1. The number of amides is 2. The lowest BCUT2D eigenvalue weighted by Crippen LogP contribution is -2.38. The van der Waals surface area contributed by atoms with Crippen molar-refractivity contribution in [1.29, 1.82) is 0 Å². The summed E-state index contributed by atoms with van der Waals surface area (Å²) in [6.07, 6.45) is 6.56. The minimum absolute atomic E-state index is 0.00383. The van der Waals surface area contributed by atoms with Crippen LogP contribution in [0.3, 0.4) is 0 Å². The number of ether oxygens (including phenoxy) is 1. The van der Waals surface area contributed by atoms with Gasteiger partial charge < -0.3 is 15.4 Å². The van der Waals surface area contributed by atoms with E-state index in [2.05, 4.69) is 6.92 Å². The molecule has 1 heterocycles. The Hall–Kier alpha value is -2.30. The van der Waals surface area contributed by atoms with Gasteiger partial charge in [0.25, 0.3) is 0 Å².